The van der Waals surface area contributed by atoms with Crippen molar-refractivity contribution in [2.45, 2.75) is 4.90 Å². The normalized spacial score (nSPS) is 10.1. The van der Waals surface area contributed by atoms with Gasteiger partial charge in [-0.1, -0.05) is 6.07 Å². The van der Waals surface area contributed by atoms with Crippen LogP contribution >= 0.6 is 39.0 Å². The van der Waals surface area contributed by atoms with E-state index >= 15 is 0 Å². The third kappa shape index (κ3) is 4.76. The van der Waals surface area contributed by atoms with Gasteiger partial charge in [0.15, 0.2) is 0 Å². The van der Waals surface area contributed by atoms with Gasteiger partial charge in [-0.3, -0.25) is 20.4 Å². The molecule has 0 aliphatic rings. The van der Waals surface area contributed by atoms with E-state index in [-0.39, 0.29) is 17.6 Å². The summed E-state index contributed by atoms with van der Waals surface area (Å²) in [6.45, 7) is 0. The summed E-state index contributed by atoms with van der Waals surface area (Å²) in [7, 11) is 0. The van der Waals surface area contributed by atoms with Crippen LogP contribution in [0.5, 0.6) is 0 Å². The summed E-state index contributed by atoms with van der Waals surface area (Å²) in [5.41, 5.74) is 11.0. The lowest BCUT2D eigenvalue weighted by atomic mass is 10.3. The molecule has 0 unspecified atom stereocenters. The summed E-state index contributed by atoms with van der Waals surface area (Å²) >= 11 is 6.04. The summed E-state index contributed by atoms with van der Waals surface area (Å²) in [5.74, 6) is -0.418. The number of amides is 2. The Kier molecular flexibility index (Phi) is 5.66. The van der Waals surface area contributed by atoms with Crippen molar-refractivity contribution in [3.05, 3.63) is 45.1 Å². The molecular weight excluding hydrogens is 374 g/mol. The molecule has 4 N–H and O–H groups in total. The number of hydrazine groups is 1. The maximum atomic E-state index is 11.7. The number of carbonyl (C=O) groups is 2. The molecule has 2 rings (SSSR count). The fraction of sp³-hybridized carbons (Fsp3) is 0.0769. The fourth-order valence-corrected chi connectivity index (χ4v) is 3.49. The average Bonchev–Trinajstić information content (AvgIpc) is 2.98. The van der Waals surface area contributed by atoms with Crippen LogP contribution in [-0.4, -0.2) is 17.6 Å². The molecule has 0 spiro atoms. The van der Waals surface area contributed by atoms with Gasteiger partial charge in [0.2, 0.25) is 5.91 Å². The van der Waals surface area contributed by atoms with E-state index < -0.39 is 0 Å². The van der Waals surface area contributed by atoms with Gasteiger partial charge in [-0.05, 0) is 45.6 Å². The van der Waals surface area contributed by atoms with E-state index in [4.69, 9.17) is 5.73 Å². The zero-order valence-corrected chi connectivity index (χ0v) is 14.0. The van der Waals surface area contributed by atoms with E-state index in [1.165, 1.54) is 23.1 Å². The lowest BCUT2D eigenvalue weighted by molar-refractivity contribution is -0.119. The first-order valence-corrected chi connectivity index (χ1v) is 8.52. The molecule has 0 atom stereocenters. The van der Waals surface area contributed by atoms with Gasteiger partial charge in [0.25, 0.3) is 5.91 Å². The van der Waals surface area contributed by atoms with Gasteiger partial charge in [0.1, 0.15) is 0 Å². The first-order chi connectivity index (χ1) is 10.1. The molecule has 21 heavy (non-hydrogen) atoms. The summed E-state index contributed by atoms with van der Waals surface area (Å²) in [6.07, 6.45) is 0. The van der Waals surface area contributed by atoms with E-state index in [0.29, 0.717) is 10.6 Å². The third-order valence-electron chi connectivity index (χ3n) is 2.38. The van der Waals surface area contributed by atoms with Crippen molar-refractivity contribution >= 4 is 56.5 Å². The van der Waals surface area contributed by atoms with Crippen LogP contribution in [0.3, 0.4) is 0 Å². The number of nitrogens with one attached hydrogen (secondary N) is 2. The van der Waals surface area contributed by atoms with E-state index in [1.54, 1.807) is 29.6 Å². The fourth-order valence-electron chi connectivity index (χ4n) is 1.41. The third-order valence-corrected chi connectivity index (χ3v) is 5.24. The van der Waals surface area contributed by atoms with E-state index in [1.807, 2.05) is 6.07 Å². The molecule has 0 aliphatic heterocycles. The van der Waals surface area contributed by atoms with Crippen LogP contribution in [0, 0.1) is 0 Å². The molecule has 0 aliphatic carbocycles. The van der Waals surface area contributed by atoms with Crippen LogP contribution in [0.1, 0.15) is 9.67 Å². The van der Waals surface area contributed by atoms with Gasteiger partial charge in [-0.15, -0.1) is 23.1 Å². The van der Waals surface area contributed by atoms with Crippen molar-refractivity contribution < 1.29 is 9.59 Å². The van der Waals surface area contributed by atoms with Crippen LogP contribution in [-0.2, 0) is 4.79 Å². The van der Waals surface area contributed by atoms with E-state index in [2.05, 4.69) is 26.8 Å². The molecular formula is C13H12BrN3O2S2. The SMILES string of the molecule is Nc1ccc(SCC(=O)NNC(=O)c2cccs2)c(Br)c1. The number of thiophene rings is 1. The van der Waals surface area contributed by atoms with Crippen LogP contribution in [0.25, 0.3) is 0 Å². The van der Waals surface area contributed by atoms with Gasteiger partial charge in [0.05, 0.1) is 10.6 Å². The number of carbonyl (C=O) groups excluding carboxylic acids is 2. The van der Waals surface area contributed by atoms with Crippen LogP contribution in [0.4, 0.5) is 5.69 Å². The highest BCUT2D eigenvalue weighted by Gasteiger charge is 2.09. The predicted molar refractivity (Wildman–Crippen MR) is 89.2 cm³/mol. The van der Waals surface area contributed by atoms with Crippen molar-refractivity contribution in [2.75, 3.05) is 11.5 Å². The van der Waals surface area contributed by atoms with Gasteiger partial charge in [0, 0.05) is 15.1 Å². The Bertz CT molecular complexity index is 647. The minimum Gasteiger partial charge on any atom is -0.399 e. The number of nitrogens with two attached hydrogens (primary N) is 1. The topological polar surface area (TPSA) is 84.2 Å². The molecule has 1 heterocycles. The number of thioether (sulfide) groups is 1. The van der Waals surface area contributed by atoms with Gasteiger partial charge >= 0.3 is 0 Å². The lowest BCUT2D eigenvalue weighted by Gasteiger charge is -2.07. The molecule has 1 aromatic heterocycles. The van der Waals surface area contributed by atoms with Crippen LogP contribution in [0.2, 0.25) is 0 Å². The van der Waals surface area contributed by atoms with Crippen LogP contribution in [0.15, 0.2) is 45.1 Å². The highest BCUT2D eigenvalue weighted by molar-refractivity contribution is 9.10. The van der Waals surface area contributed by atoms with E-state index in [9.17, 15) is 9.59 Å². The molecule has 2 aromatic rings. The summed E-state index contributed by atoms with van der Waals surface area (Å²) in [4.78, 5) is 24.8. The standard InChI is InChI=1S/C13H12BrN3O2S2/c14-9-6-8(15)3-4-10(9)21-7-12(18)16-17-13(19)11-2-1-5-20-11/h1-6H,7,15H2,(H,16,18)(H,17,19). The largest absolute Gasteiger partial charge is 0.399 e. The molecule has 0 fully saturated rings. The molecule has 0 radical (unpaired) electrons. The molecule has 1 aromatic carbocycles. The summed E-state index contributed by atoms with van der Waals surface area (Å²) in [6, 6.07) is 8.84. The number of halogens is 1. The highest BCUT2D eigenvalue weighted by Crippen LogP contribution is 2.28. The van der Waals surface area contributed by atoms with Crippen molar-refractivity contribution in [1.29, 1.82) is 0 Å². The maximum Gasteiger partial charge on any atom is 0.279 e. The monoisotopic (exact) mass is 385 g/mol. The van der Waals surface area contributed by atoms with Crippen molar-refractivity contribution in [2.24, 2.45) is 0 Å². The Morgan fingerprint density at radius 2 is 2.10 bits per heavy atom. The van der Waals surface area contributed by atoms with Gasteiger partial charge < -0.3 is 5.73 Å². The molecule has 2 amide bonds. The molecule has 110 valence electrons. The van der Waals surface area contributed by atoms with Crippen molar-refractivity contribution in [1.82, 2.24) is 10.9 Å². The summed E-state index contributed by atoms with van der Waals surface area (Å²) in [5, 5.41) is 1.80. The highest BCUT2D eigenvalue weighted by atomic mass is 79.9. The quantitative estimate of drug-likeness (QED) is 0.429. The number of rotatable bonds is 4. The Balaban J connectivity index is 1.78. The zero-order chi connectivity index (χ0) is 15.2. The zero-order valence-electron chi connectivity index (χ0n) is 10.8. The molecule has 5 nitrogen and oxygen atoms in total. The second kappa shape index (κ2) is 7.48. The minimum atomic E-state index is -0.322. The number of hydrogen-bond donors (Lipinski definition) is 3. The predicted octanol–water partition coefficient (Wildman–Crippen LogP) is 2.65. The Hall–Kier alpha value is -1.51. The maximum absolute atomic E-state index is 11.7. The molecule has 0 saturated heterocycles. The first-order valence-electron chi connectivity index (χ1n) is 5.87. The second-order valence-corrected chi connectivity index (χ2v) is 6.78. The summed E-state index contributed by atoms with van der Waals surface area (Å²) < 4.78 is 0.836. The number of anilines is 1. The molecule has 0 bridgehead atoms. The van der Waals surface area contributed by atoms with Crippen LogP contribution < -0.4 is 16.6 Å². The second-order valence-electron chi connectivity index (χ2n) is 3.96. The number of benzene rings is 1. The number of nitrogen functional groups attached to an aromatic ring is 1. The average molecular weight is 386 g/mol. The Morgan fingerprint density at radius 3 is 2.76 bits per heavy atom. The van der Waals surface area contributed by atoms with Crippen molar-refractivity contribution in [3.8, 4) is 0 Å². The lowest BCUT2D eigenvalue weighted by Crippen LogP contribution is -2.42. The van der Waals surface area contributed by atoms with Crippen molar-refractivity contribution in [3.63, 3.8) is 0 Å². The Morgan fingerprint density at radius 1 is 1.29 bits per heavy atom. The van der Waals surface area contributed by atoms with Gasteiger partial charge in [-0.25, -0.2) is 0 Å². The molecule has 0 saturated carbocycles. The molecule has 8 heteroatoms. The Labute approximate surface area is 138 Å². The number of hydrogen-bond acceptors (Lipinski definition) is 5. The van der Waals surface area contributed by atoms with E-state index in [0.717, 1.165) is 9.37 Å². The first kappa shape index (κ1) is 15.9. The van der Waals surface area contributed by atoms with Gasteiger partial charge in [-0.2, -0.15) is 0 Å². The smallest absolute Gasteiger partial charge is 0.279 e. The minimum absolute atomic E-state index is 0.188.